The lowest BCUT2D eigenvalue weighted by molar-refractivity contribution is -0.148. The number of para-hydroxylation sites is 1. The first-order valence-electron chi connectivity index (χ1n) is 14.2. The molecule has 1 saturated heterocycles. The number of rotatable bonds is 9. The van der Waals surface area contributed by atoms with Crippen molar-refractivity contribution >= 4 is 46.1 Å². The number of nitrogens with zero attached hydrogens (tertiary/aromatic N) is 2. The van der Waals surface area contributed by atoms with E-state index in [-0.39, 0.29) is 49.7 Å². The van der Waals surface area contributed by atoms with Crippen molar-refractivity contribution in [1.29, 1.82) is 0 Å². The average molecular weight is 578 g/mol. The Morgan fingerprint density at radius 3 is 2.56 bits per heavy atom. The van der Waals surface area contributed by atoms with E-state index in [0.29, 0.717) is 5.02 Å². The molecule has 3 aromatic rings. The van der Waals surface area contributed by atoms with Gasteiger partial charge in [-0.1, -0.05) is 67.3 Å². The Bertz CT molecular complexity index is 1430. The van der Waals surface area contributed by atoms with Crippen LogP contribution in [0.3, 0.4) is 0 Å². The molecule has 1 saturated carbocycles. The predicted molar refractivity (Wildman–Crippen MR) is 157 cm³/mol. The van der Waals surface area contributed by atoms with Gasteiger partial charge in [0.25, 0.3) is 0 Å². The van der Waals surface area contributed by atoms with Gasteiger partial charge in [-0.05, 0) is 42.0 Å². The Morgan fingerprint density at radius 2 is 1.78 bits per heavy atom. The zero-order chi connectivity index (χ0) is 28.9. The maximum Gasteiger partial charge on any atom is 0.246 e. The predicted octanol–water partition coefficient (Wildman–Crippen LogP) is 3.41. The van der Waals surface area contributed by atoms with E-state index in [0.717, 1.165) is 54.1 Å². The number of amides is 4. The number of nitrogens with one attached hydrogen (secondary N) is 3. The smallest absolute Gasteiger partial charge is 0.246 e. The van der Waals surface area contributed by atoms with Gasteiger partial charge in [0, 0.05) is 42.1 Å². The number of carbonyl (C=O) groups excluding carboxylic acids is 4. The van der Waals surface area contributed by atoms with E-state index in [1.807, 2.05) is 48.7 Å². The highest BCUT2D eigenvalue weighted by atomic mass is 35.5. The van der Waals surface area contributed by atoms with Crippen molar-refractivity contribution < 1.29 is 19.2 Å². The molecule has 0 spiro atoms. The molecule has 5 rings (SSSR count). The van der Waals surface area contributed by atoms with E-state index >= 15 is 0 Å². The molecule has 1 aromatic heterocycles. The first kappa shape index (κ1) is 28.7. The zero-order valence-electron chi connectivity index (χ0n) is 23.2. The molecule has 4 amide bonds. The first-order valence-corrected chi connectivity index (χ1v) is 14.6. The number of hydrogen-bond acceptors (Lipinski definition) is 4. The van der Waals surface area contributed by atoms with Crippen LogP contribution in [0.15, 0.2) is 54.7 Å². The Balaban J connectivity index is 1.32. The molecule has 2 aromatic carbocycles. The highest BCUT2D eigenvalue weighted by Gasteiger charge is 2.39. The van der Waals surface area contributed by atoms with Gasteiger partial charge in [-0.3, -0.25) is 19.2 Å². The summed E-state index contributed by atoms with van der Waals surface area (Å²) >= 11 is 6.34. The molecule has 2 atom stereocenters. The number of halogens is 1. The summed E-state index contributed by atoms with van der Waals surface area (Å²) in [7, 11) is 1.67. The van der Waals surface area contributed by atoms with E-state index in [1.165, 1.54) is 4.90 Å². The van der Waals surface area contributed by atoms with Crippen LogP contribution in [0.1, 0.15) is 43.2 Å². The maximum atomic E-state index is 13.7. The number of aromatic amines is 1. The van der Waals surface area contributed by atoms with Crippen molar-refractivity contribution in [3.63, 3.8) is 0 Å². The van der Waals surface area contributed by atoms with Crippen LogP contribution in [0.25, 0.3) is 10.9 Å². The van der Waals surface area contributed by atoms with E-state index < -0.39 is 18.0 Å². The van der Waals surface area contributed by atoms with Crippen LogP contribution in [0.4, 0.5) is 0 Å². The van der Waals surface area contributed by atoms with Crippen molar-refractivity contribution in [3.8, 4) is 0 Å². The van der Waals surface area contributed by atoms with Crippen LogP contribution in [0.5, 0.6) is 0 Å². The second-order valence-electron chi connectivity index (χ2n) is 11.1. The van der Waals surface area contributed by atoms with Gasteiger partial charge >= 0.3 is 0 Å². The topological polar surface area (TPSA) is 115 Å². The molecule has 3 N–H and O–H groups in total. The van der Waals surface area contributed by atoms with Crippen molar-refractivity contribution in [3.05, 3.63) is 70.9 Å². The van der Waals surface area contributed by atoms with E-state index in [4.69, 9.17) is 11.6 Å². The monoisotopic (exact) mass is 577 g/mol. The normalized spacial score (nSPS) is 18.7. The fourth-order valence-corrected chi connectivity index (χ4v) is 6.20. The molecular formula is C31H36ClN5O4. The lowest BCUT2D eigenvalue weighted by Gasteiger charge is -2.37. The fraction of sp³-hybridized carbons (Fsp3) is 0.419. The summed E-state index contributed by atoms with van der Waals surface area (Å²) < 4.78 is 0. The van der Waals surface area contributed by atoms with E-state index in [2.05, 4.69) is 15.6 Å². The zero-order valence-corrected chi connectivity index (χ0v) is 24.0. The lowest BCUT2D eigenvalue weighted by Crippen LogP contribution is -2.62. The molecule has 2 fully saturated rings. The van der Waals surface area contributed by atoms with Gasteiger partial charge < -0.3 is 25.4 Å². The third-order valence-corrected chi connectivity index (χ3v) is 8.53. The molecule has 9 nitrogen and oxygen atoms in total. The Hall–Kier alpha value is -3.85. The molecule has 1 aliphatic heterocycles. The Morgan fingerprint density at radius 1 is 1.05 bits per heavy atom. The number of fused-ring (bicyclic) bond motifs is 1. The summed E-state index contributed by atoms with van der Waals surface area (Å²) in [5.41, 5.74) is 2.61. The summed E-state index contributed by atoms with van der Waals surface area (Å²) in [5.74, 6) is -1.19. The van der Waals surface area contributed by atoms with Crippen LogP contribution in [-0.4, -0.2) is 70.6 Å². The van der Waals surface area contributed by atoms with Crippen molar-refractivity contribution in [2.24, 2.45) is 5.92 Å². The van der Waals surface area contributed by atoms with E-state index in [9.17, 15) is 19.2 Å². The van der Waals surface area contributed by atoms with Crippen molar-refractivity contribution in [2.75, 3.05) is 20.1 Å². The van der Waals surface area contributed by atoms with Gasteiger partial charge in [-0.2, -0.15) is 0 Å². The Kier molecular flexibility index (Phi) is 8.93. The molecular weight excluding hydrogens is 542 g/mol. The van der Waals surface area contributed by atoms with Gasteiger partial charge in [-0.25, -0.2) is 0 Å². The second kappa shape index (κ2) is 12.8. The summed E-state index contributed by atoms with van der Waals surface area (Å²) in [6.45, 7) is -0.197. The van der Waals surface area contributed by atoms with Crippen LogP contribution in [0.2, 0.25) is 5.02 Å². The number of benzene rings is 2. The minimum absolute atomic E-state index is 0.0840. The molecule has 10 heteroatoms. The van der Waals surface area contributed by atoms with Crippen LogP contribution >= 0.6 is 11.6 Å². The molecule has 41 heavy (non-hydrogen) atoms. The van der Waals surface area contributed by atoms with Crippen LogP contribution in [0, 0.1) is 5.92 Å². The number of aromatic nitrogens is 1. The third kappa shape index (κ3) is 6.73. The molecule has 2 heterocycles. The lowest BCUT2D eigenvalue weighted by atomic mass is 9.82. The maximum absolute atomic E-state index is 13.7. The molecule has 0 bridgehead atoms. The minimum atomic E-state index is -0.892. The van der Waals surface area contributed by atoms with Crippen molar-refractivity contribution in [2.45, 2.75) is 57.2 Å². The highest BCUT2D eigenvalue weighted by molar-refractivity contribution is 6.31. The Labute approximate surface area is 244 Å². The highest BCUT2D eigenvalue weighted by Crippen LogP contribution is 2.28. The number of piperazine rings is 1. The fourth-order valence-electron chi connectivity index (χ4n) is 6.01. The summed E-state index contributed by atoms with van der Waals surface area (Å²) in [5, 5.41) is 7.24. The van der Waals surface area contributed by atoms with E-state index in [1.54, 1.807) is 18.0 Å². The number of hydrogen-bond donors (Lipinski definition) is 3. The molecule has 216 valence electrons. The summed E-state index contributed by atoms with van der Waals surface area (Å²) in [4.78, 5) is 59.0. The molecule has 1 aliphatic carbocycles. The van der Waals surface area contributed by atoms with Gasteiger partial charge in [0.2, 0.25) is 23.6 Å². The van der Waals surface area contributed by atoms with Crippen LogP contribution in [-0.2, 0) is 32.1 Å². The summed E-state index contributed by atoms with van der Waals surface area (Å²) in [6.07, 6.45) is 7.06. The van der Waals surface area contributed by atoms with Gasteiger partial charge in [-0.15, -0.1) is 0 Å². The molecule has 0 radical (unpaired) electrons. The number of carbonyl (C=O) groups is 4. The average Bonchev–Trinajstić information content (AvgIpc) is 3.38. The quantitative estimate of drug-likeness (QED) is 0.361. The minimum Gasteiger partial charge on any atom is -0.361 e. The number of H-pyrrole nitrogens is 1. The SMILES string of the molecule is CN(Cc1ccccc1Cl)C(=O)C(Cc1c[nH]c2ccccc12)NC(=O)CN1CC(=O)NC(C2CCCCC2)C1=O. The number of likely N-dealkylation sites (N-methyl/N-ethyl adjacent to an activating group) is 1. The second-order valence-corrected chi connectivity index (χ2v) is 11.5. The molecule has 2 unspecified atom stereocenters. The molecule has 2 aliphatic rings. The van der Waals surface area contributed by atoms with Crippen molar-refractivity contribution in [1.82, 2.24) is 25.4 Å². The van der Waals surface area contributed by atoms with Gasteiger partial charge in [0.1, 0.15) is 25.2 Å². The third-order valence-electron chi connectivity index (χ3n) is 8.16. The van der Waals surface area contributed by atoms with Gasteiger partial charge in [0.15, 0.2) is 0 Å². The van der Waals surface area contributed by atoms with Gasteiger partial charge in [0.05, 0.1) is 0 Å². The van der Waals surface area contributed by atoms with Crippen LogP contribution < -0.4 is 10.6 Å². The standard InChI is InChI=1S/C31H36ClN5O4/c1-36(17-21-11-5-7-13-24(21)32)30(40)26(15-22-16-33-25-14-8-6-12-23(22)25)34-27(38)18-37-19-28(39)35-29(31(37)41)20-9-3-2-4-10-20/h5-8,11-14,16,20,26,29,33H,2-4,9-10,15,17-19H2,1H3,(H,34,38)(H,35,39). The largest absolute Gasteiger partial charge is 0.361 e. The first-order chi connectivity index (χ1) is 19.8. The summed E-state index contributed by atoms with van der Waals surface area (Å²) in [6, 6.07) is 13.6.